The fourth-order valence-electron chi connectivity index (χ4n) is 1.66. The molecule has 2 aromatic rings. The van der Waals surface area contributed by atoms with Crippen LogP contribution in [0.4, 0.5) is 17.2 Å². The normalized spacial score (nSPS) is 10.0. The number of carbonyl (C=O) groups excluding carboxylic acids is 1. The number of pyridine rings is 1. The molecule has 0 saturated carbocycles. The Bertz CT molecular complexity index is 651. The second kappa shape index (κ2) is 6.00. The summed E-state index contributed by atoms with van der Waals surface area (Å²) in [6.45, 7) is 0. The average molecular weight is 286 g/mol. The molecule has 1 heterocycles. The first kappa shape index (κ1) is 14.4. The third kappa shape index (κ3) is 3.53. The molecule has 0 fully saturated rings. The van der Waals surface area contributed by atoms with E-state index >= 15 is 0 Å². The second-order valence-corrected chi connectivity index (χ2v) is 4.56. The number of non-ortho nitro benzene ring substituents is 1. The van der Waals surface area contributed by atoms with E-state index in [-0.39, 0.29) is 11.6 Å². The average Bonchev–Trinajstić information content (AvgIpc) is 2.47. The first-order chi connectivity index (χ1) is 9.97. The van der Waals surface area contributed by atoms with E-state index in [1.54, 1.807) is 18.3 Å². The van der Waals surface area contributed by atoms with Crippen LogP contribution in [0.2, 0.25) is 0 Å². The van der Waals surface area contributed by atoms with Gasteiger partial charge in [-0.3, -0.25) is 14.9 Å². The predicted molar refractivity (Wildman–Crippen MR) is 79.6 cm³/mol. The largest absolute Gasteiger partial charge is 0.363 e. The highest BCUT2D eigenvalue weighted by Crippen LogP contribution is 2.15. The molecule has 2 rings (SSSR count). The van der Waals surface area contributed by atoms with Crippen molar-refractivity contribution in [1.29, 1.82) is 0 Å². The van der Waals surface area contributed by atoms with Crippen LogP contribution in [0.5, 0.6) is 0 Å². The number of rotatable bonds is 4. The molecular weight excluding hydrogens is 272 g/mol. The van der Waals surface area contributed by atoms with Gasteiger partial charge in [0.15, 0.2) is 0 Å². The number of anilines is 2. The van der Waals surface area contributed by atoms with E-state index in [0.717, 1.165) is 5.82 Å². The van der Waals surface area contributed by atoms with Gasteiger partial charge in [-0.1, -0.05) is 0 Å². The van der Waals surface area contributed by atoms with Crippen molar-refractivity contribution in [2.45, 2.75) is 0 Å². The van der Waals surface area contributed by atoms with Gasteiger partial charge < -0.3 is 10.2 Å². The van der Waals surface area contributed by atoms with Crippen LogP contribution in [0.3, 0.4) is 0 Å². The number of hydrogen-bond acceptors (Lipinski definition) is 5. The number of aromatic nitrogens is 1. The van der Waals surface area contributed by atoms with Gasteiger partial charge in [0.25, 0.3) is 11.6 Å². The summed E-state index contributed by atoms with van der Waals surface area (Å²) in [4.78, 5) is 28.1. The van der Waals surface area contributed by atoms with Gasteiger partial charge in [-0.25, -0.2) is 4.98 Å². The molecule has 0 atom stereocenters. The van der Waals surface area contributed by atoms with Crippen LogP contribution in [0.25, 0.3) is 0 Å². The molecule has 0 unspecified atom stereocenters. The maximum absolute atomic E-state index is 12.0. The predicted octanol–water partition coefficient (Wildman–Crippen LogP) is 2.31. The van der Waals surface area contributed by atoms with Gasteiger partial charge >= 0.3 is 0 Å². The lowest BCUT2D eigenvalue weighted by atomic mass is 10.2. The molecule has 1 amide bonds. The van der Waals surface area contributed by atoms with Crippen molar-refractivity contribution >= 4 is 23.1 Å². The number of nitro groups is 1. The van der Waals surface area contributed by atoms with Crippen molar-refractivity contribution < 1.29 is 9.72 Å². The summed E-state index contributed by atoms with van der Waals surface area (Å²) >= 11 is 0. The van der Waals surface area contributed by atoms with Gasteiger partial charge in [-0.2, -0.15) is 0 Å². The Hall–Kier alpha value is -2.96. The first-order valence-electron chi connectivity index (χ1n) is 6.16. The van der Waals surface area contributed by atoms with Gasteiger partial charge in [-0.15, -0.1) is 0 Å². The number of benzene rings is 1. The van der Waals surface area contributed by atoms with Gasteiger partial charge in [-0.05, 0) is 24.3 Å². The van der Waals surface area contributed by atoms with Gasteiger partial charge in [0.05, 0.1) is 16.8 Å². The van der Waals surface area contributed by atoms with E-state index in [4.69, 9.17) is 0 Å². The molecule has 108 valence electrons. The molecule has 0 bridgehead atoms. The summed E-state index contributed by atoms with van der Waals surface area (Å²) in [6, 6.07) is 8.94. The fourth-order valence-corrected chi connectivity index (χ4v) is 1.66. The summed E-state index contributed by atoms with van der Waals surface area (Å²) in [7, 11) is 3.74. The van der Waals surface area contributed by atoms with E-state index in [9.17, 15) is 14.9 Å². The van der Waals surface area contributed by atoms with E-state index in [2.05, 4.69) is 10.3 Å². The summed E-state index contributed by atoms with van der Waals surface area (Å²) in [5, 5.41) is 13.2. The van der Waals surface area contributed by atoms with Crippen LogP contribution >= 0.6 is 0 Å². The second-order valence-electron chi connectivity index (χ2n) is 4.56. The van der Waals surface area contributed by atoms with E-state index in [1.807, 2.05) is 19.0 Å². The highest BCUT2D eigenvalue weighted by molar-refractivity contribution is 6.04. The zero-order valence-electron chi connectivity index (χ0n) is 11.6. The van der Waals surface area contributed by atoms with Crippen molar-refractivity contribution in [1.82, 2.24) is 4.98 Å². The number of carbonyl (C=O) groups is 1. The minimum Gasteiger partial charge on any atom is -0.363 e. The Balaban J connectivity index is 2.08. The molecule has 0 aliphatic rings. The zero-order chi connectivity index (χ0) is 15.4. The minimum atomic E-state index is -0.508. The lowest BCUT2D eigenvalue weighted by Gasteiger charge is -2.11. The Morgan fingerprint density at radius 2 is 1.86 bits per heavy atom. The van der Waals surface area contributed by atoms with Crippen LogP contribution in [0.1, 0.15) is 10.4 Å². The van der Waals surface area contributed by atoms with E-state index in [0.29, 0.717) is 11.3 Å². The molecule has 0 saturated heterocycles. The molecule has 1 aromatic carbocycles. The Kier molecular flexibility index (Phi) is 4.13. The zero-order valence-corrected chi connectivity index (χ0v) is 11.6. The Morgan fingerprint density at radius 3 is 2.33 bits per heavy atom. The van der Waals surface area contributed by atoms with Crippen molar-refractivity contribution in [2.75, 3.05) is 24.3 Å². The van der Waals surface area contributed by atoms with Crippen LogP contribution < -0.4 is 10.2 Å². The smallest absolute Gasteiger partial charge is 0.269 e. The van der Waals surface area contributed by atoms with E-state index in [1.165, 1.54) is 24.3 Å². The molecule has 7 heteroatoms. The molecule has 1 aromatic heterocycles. The molecule has 1 N–H and O–H groups in total. The molecule has 0 aliphatic heterocycles. The van der Waals surface area contributed by atoms with Crippen LogP contribution in [0.15, 0.2) is 42.6 Å². The SMILES string of the molecule is CN(C)c1ccc(NC(=O)c2ccc([N+](=O)[O-])cc2)cn1. The topological polar surface area (TPSA) is 88.4 Å². The maximum atomic E-state index is 12.0. The third-order valence-electron chi connectivity index (χ3n) is 2.80. The van der Waals surface area contributed by atoms with Crippen molar-refractivity contribution in [3.05, 3.63) is 58.3 Å². The molecule has 0 spiro atoms. The van der Waals surface area contributed by atoms with Crippen LogP contribution in [-0.2, 0) is 0 Å². The van der Waals surface area contributed by atoms with Gasteiger partial charge in [0, 0.05) is 31.8 Å². The maximum Gasteiger partial charge on any atom is 0.269 e. The lowest BCUT2D eigenvalue weighted by molar-refractivity contribution is -0.384. The van der Waals surface area contributed by atoms with E-state index < -0.39 is 4.92 Å². The Labute approximate surface area is 121 Å². The molecule has 0 radical (unpaired) electrons. The highest BCUT2D eigenvalue weighted by atomic mass is 16.6. The van der Waals surface area contributed by atoms with Crippen LogP contribution in [0, 0.1) is 10.1 Å². The van der Waals surface area contributed by atoms with Gasteiger partial charge in [0.2, 0.25) is 0 Å². The highest BCUT2D eigenvalue weighted by Gasteiger charge is 2.10. The number of amides is 1. The minimum absolute atomic E-state index is 0.0523. The summed E-state index contributed by atoms with van der Waals surface area (Å²) < 4.78 is 0. The third-order valence-corrected chi connectivity index (χ3v) is 2.80. The summed E-state index contributed by atoms with van der Waals surface area (Å²) in [5.41, 5.74) is 0.852. The summed E-state index contributed by atoms with van der Waals surface area (Å²) in [5.74, 6) is 0.438. The monoisotopic (exact) mass is 286 g/mol. The summed E-state index contributed by atoms with van der Waals surface area (Å²) in [6.07, 6.45) is 1.55. The lowest BCUT2D eigenvalue weighted by Crippen LogP contribution is -2.13. The van der Waals surface area contributed by atoms with Gasteiger partial charge in [0.1, 0.15) is 5.82 Å². The Morgan fingerprint density at radius 1 is 1.19 bits per heavy atom. The number of hydrogen-bond donors (Lipinski definition) is 1. The van der Waals surface area contributed by atoms with Crippen molar-refractivity contribution in [2.24, 2.45) is 0 Å². The number of nitrogens with zero attached hydrogens (tertiary/aromatic N) is 3. The molecule has 0 aliphatic carbocycles. The first-order valence-corrected chi connectivity index (χ1v) is 6.16. The standard InChI is InChI=1S/C14H14N4O3/c1-17(2)13-8-5-11(9-15-13)16-14(19)10-3-6-12(7-4-10)18(20)21/h3-9H,1-2H3,(H,16,19). The molecule has 21 heavy (non-hydrogen) atoms. The van der Waals surface area contributed by atoms with Crippen molar-refractivity contribution in [3.8, 4) is 0 Å². The number of nitro benzene ring substituents is 1. The quantitative estimate of drug-likeness (QED) is 0.688. The molecule has 7 nitrogen and oxygen atoms in total. The molecular formula is C14H14N4O3. The fraction of sp³-hybridized carbons (Fsp3) is 0.143. The van der Waals surface area contributed by atoms with Crippen LogP contribution in [-0.4, -0.2) is 29.9 Å². The number of nitrogens with one attached hydrogen (secondary N) is 1. The van der Waals surface area contributed by atoms with Crippen molar-refractivity contribution in [3.63, 3.8) is 0 Å².